The minimum Gasteiger partial charge on any atom is -0.364 e. The van der Waals surface area contributed by atoms with Crippen LogP contribution >= 0.6 is 11.6 Å². The fraction of sp³-hybridized carbons (Fsp3) is 0.412. The molecule has 0 saturated carbocycles. The van der Waals surface area contributed by atoms with E-state index in [4.69, 9.17) is 21.6 Å². The summed E-state index contributed by atoms with van der Waals surface area (Å²) in [5, 5.41) is 4.69. The largest absolute Gasteiger partial charge is 0.364 e. The smallest absolute Gasteiger partial charge is 0.260 e. The van der Waals surface area contributed by atoms with Gasteiger partial charge in [0.1, 0.15) is 5.65 Å². The zero-order chi connectivity index (χ0) is 30.7. The Hall–Kier alpha value is -3.95. The maximum absolute atomic E-state index is 14.4. The number of nitrogens with zero attached hydrogens (tertiary/aromatic N) is 6. The van der Waals surface area contributed by atoms with Crippen LogP contribution in [0.25, 0.3) is 22.2 Å². The van der Waals surface area contributed by atoms with Gasteiger partial charge in [0, 0.05) is 72.2 Å². The van der Waals surface area contributed by atoms with Gasteiger partial charge in [0.2, 0.25) is 11.9 Å². The van der Waals surface area contributed by atoms with Crippen molar-refractivity contribution in [2.75, 3.05) is 43.4 Å². The average Bonchev–Trinajstić information content (AvgIpc) is 3.01. The number of hydrogen-bond acceptors (Lipinski definition) is 7. The molecule has 0 spiro atoms. The fourth-order valence-electron chi connectivity index (χ4n) is 7.26. The molecule has 5 heterocycles. The summed E-state index contributed by atoms with van der Waals surface area (Å²) in [5.74, 6) is 0.518. The minimum atomic E-state index is -0.216. The van der Waals surface area contributed by atoms with Gasteiger partial charge < -0.3 is 15.1 Å². The third kappa shape index (κ3) is 4.73. The van der Waals surface area contributed by atoms with E-state index in [9.17, 15) is 9.59 Å². The highest BCUT2D eigenvalue weighted by Crippen LogP contribution is 2.39. The van der Waals surface area contributed by atoms with Crippen LogP contribution in [0.4, 0.5) is 17.3 Å². The zero-order valence-electron chi connectivity index (χ0n) is 25.7. The van der Waals surface area contributed by atoms with Crippen LogP contribution in [0.2, 0.25) is 5.02 Å². The number of aryl methyl sites for hydroxylation is 2. The summed E-state index contributed by atoms with van der Waals surface area (Å²) < 4.78 is 1.78. The molecule has 2 aromatic heterocycles. The number of carbonyl (C=O) groups is 1. The van der Waals surface area contributed by atoms with Gasteiger partial charge in [0.25, 0.3) is 5.56 Å². The van der Waals surface area contributed by atoms with Crippen molar-refractivity contribution in [3.05, 3.63) is 75.2 Å². The number of likely N-dealkylation sites (tertiary alicyclic amines) is 2. The number of aromatic nitrogens is 3. The number of pyridine rings is 1. The number of fused-ring (bicyclic) bond motifs is 2. The molecule has 3 aliphatic heterocycles. The minimum absolute atomic E-state index is 0.0966. The predicted molar refractivity (Wildman–Crippen MR) is 176 cm³/mol. The van der Waals surface area contributed by atoms with E-state index in [2.05, 4.69) is 47.3 Å². The molecule has 44 heavy (non-hydrogen) atoms. The summed E-state index contributed by atoms with van der Waals surface area (Å²) in [5.41, 5.74) is 5.78. The van der Waals surface area contributed by atoms with Gasteiger partial charge in [-0.15, -0.1) is 0 Å². The van der Waals surface area contributed by atoms with Gasteiger partial charge >= 0.3 is 0 Å². The number of amides is 1. The molecule has 1 amide bonds. The Morgan fingerprint density at radius 3 is 2.61 bits per heavy atom. The number of benzene rings is 2. The lowest BCUT2D eigenvalue weighted by Crippen LogP contribution is -2.78. The van der Waals surface area contributed by atoms with Crippen LogP contribution in [-0.4, -0.2) is 75.6 Å². The number of carbonyl (C=O) groups excluding carboxylic acids is 1. The lowest BCUT2D eigenvalue weighted by atomic mass is 9.85. The SMILES string of the molecule is CCC(=O)N1CCC[C@H](n2c(=O)c(-c3ccccc3Cl)c(C)c3cnc(Nc4ccc(N5CC6[C@H]5CN6C)c(C)c4)nc32)C1. The summed E-state index contributed by atoms with van der Waals surface area (Å²) in [7, 11) is 2.19. The Kier molecular flexibility index (Phi) is 7.33. The number of rotatable bonds is 6. The van der Waals surface area contributed by atoms with Crippen molar-refractivity contribution < 1.29 is 4.79 Å². The average molecular weight is 612 g/mol. The number of piperazine rings is 1. The number of nitrogens with one attached hydrogen (secondary N) is 1. The third-order valence-corrected chi connectivity index (χ3v) is 10.1. The predicted octanol–water partition coefficient (Wildman–Crippen LogP) is 5.55. The second-order valence-corrected chi connectivity index (χ2v) is 12.8. The Labute approximate surface area is 262 Å². The van der Waals surface area contributed by atoms with Gasteiger partial charge in [0.05, 0.1) is 17.6 Å². The summed E-state index contributed by atoms with van der Waals surface area (Å²) >= 11 is 6.62. The van der Waals surface area contributed by atoms with Gasteiger partial charge in [-0.2, -0.15) is 4.98 Å². The summed E-state index contributed by atoms with van der Waals surface area (Å²) in [6.07, 6.45) is 3.82. The monoisotopic (exact) mass is 611 g/mol. The molecule has 4 aromatic rings. The molecule has 3 aliphatic rings. The van der Waals surface area contributed by atoms with Crippen LogP contribution in [0.1, 0.15) is 43.4 Å². The summed E-state index contributed by atoms with van der Waals surface area (Å²) in [6, 6.07) is 14.9. The number of hydrogen-bond donors (Lipinski definition) is 1. The highest BCUT2D eigenvalue weighted by molar-refractivity contribution is 6.33. The Morgan fingerprint density at radius 1 is 1.09 bits per heavy atom. The van der Waals surface area contributed by atoms with E-state index in [1.165, 1.54) is 11.3 Å². The number of likely N-dealkylation sites (N-methyl/N-ethyl adjacent to an activating group) is 1. The highest BCUT2D eigenvalue weighted by Gasteiger charge is 2.49. The molecule has 3 fully saturated rings. The molecule has 2 aromatic carbocycles. The number of piperidine rings is 1. The molecule has 3 atom stereocenters. The molecule has 7 rings (SSSR count). The molecule has 1 unspecified atom stereocenters. The first kappa shape index (κ1) is 28.8. The number of halogens is 1. The topological polar surface area (TPSA) is 86.6 Å². The second kappa shape index (κ2) is 11.2. The zero-order valence-corrected chi connectivity index (χ0v) is 26.4. The lowest BCUT2D eigenvalue weighted by molar-refractivity contribution is -0.132. The van der Waals surface area contributed by atoms with Gasteiger partial charge in [0.15, 0.2) is 0 Å². The van der Waals surface area contributed by atoms with Crippen LogP contribution < -0.4 is 15.8 Å². The van der Waals surface area contributed by atoms with Gasteiger partial charge in [-0.25, -0.2) is 4.98 Å². The standard InChI is InChI=1S/C34H38ClN7O2/c1-5-30(43)40-14-8-9-23(17-40)42-32-25(21(3)31(33(42)44)24-10-6-7-11-26(24)35)16-36-34(38-32)37-22-12-13-27(20(2)15-22)41-19-28-29(41)18-39(28)4/h6-7,10-13,15-16,23,28-29H,5,8-9,14,17-19H2,1-4H3,(H,36,37,38)/t23-,28?,29+/m0/s1. The molecular weight excluding hydrogens is 574 g/mol. The summed E-state index contributed by atoms with van der Waals surface area (Å²) in [4.78, 5) is 43.5. The van der Waals surface area contributed by atoms with E-state index in [1.54, 1.807) is 16.8 Å². The van der Waals surface area contributed by atoms with Crippen molar-refractivity contribution in [3.8, 4) is 11.1 Å². The first-order valence-corrected chi connectivity index (χ1v) is 15.9. The number of anilines is 3. The van der Waals surface area contributed by atoms with Crippen molar-refractivity contribution in [1.82, 2.24) is 24.3 Å². The third-order valence-electron chi connectivity index (χ3n) is 9.80. The van der Waals surface area contributed by atoms with E-state index in [0.29, 0.717) is 59.3 Å². The first-order valence-electron chi connectivity index (χ1n) is 15.5. The molecule has 0 bridgehead atoms. The molecule has 0 aliphatic carbocycles. The van der Waals surface area contributed by atoms with Gasteiger partial charge in [-0.05, 0) is 69.1 Å². The van der Waals surface area contributed by atoms with E-state index in [0.717, 1.165) is 42.6 Å². The van der Waals surface area contributed by atoms with E-state index in [1.807, 2.05) is 36.9 Å². The quantitative estimate of drug-likeness (QED) is 0.306. The fourth-order valence-corrected chi connectivity index (χ4v) is 7.49. The molecule has 0 radical (unpaired) electrons. The molecule has 10 heteroatoms. The van der Waals surface area contributed by atoms with Crippen molar-refractivity contribution >= 4 is 45.9 Å². The van der Waals surface area contributed by atoms with Crippen molar-refractivity contribution in [2.24, 2.45) is 0 Å². The maximum atomic E-state index is 14.4. The normalized spacial score (nSPS) is 21.5. The van der Waals surface area contributed by atoms with Gasteiger partial charge in [-0.1, -0.05) is 36.7 Å². The molecule has 3 saturated heterocycles. The first-order chi connectivity index (χ1) is 21.2. The van der Waals surface area contributed by atoms with E-state index >= 15 is 0 Å². The van der Waals surface area contributed by atoms with Gasteiger partial charge in [-0.3, -0.25) is 19.1 Å². The van der Waals surface area contributed by atoms with Crippen molar-refractivity contribution in [3.63, 3.8) is 0 Å². The maximum Gasteiger partial charge on any atom is 0.260 e. The lowest BCUT2D eigenvalue weighted by Gasteiger charge is -2.62. The van der Waals surface area contributed by atoms with Crippen molar-refractivity contribution in [1.29, 1.82) is 0 Å². The Morgan fingerprint density at radius 2 is 1.91 bits per heavy atom. The van der Waals surface area contributed by atoms with Crippen LogP contribution in [0, 0.1) is 13.8 Å². The van der Waals surface area contributed by atoms with E-state index in [-0.39, 0.29) is 17.5 Å². The summed E-state index contributed by atoms with van der Waals surface area (Å²) in [6.45, 7) is 9.29. The highest BCUT2D eigenvalue weighted by atomic mass is 35.5. The van der Waals surface area contributed by atoms with Crippen molar-refractivity contribution in [2.45, 2.75) is 58.2 Å². The Balaban J connectivity index is 1.28. The molecule has 228 valence electrons. The van der Waals surface area contributed by atoms with Crippen LogP contribution in [-0.2, 0) is 4.79 Å². The molecular formula is C34H38ClN7O2. The second-order valence-electron chi connectivity index (χ2n) is 12.4. The van der Waals surface area contributed by atoms with Crippen LogP contribution in [0.3, 0.4) is 0 Å². The molecule has 1 N–H and O–H groups in total. The van der Waals surface area contributed by atoms with E-state index < -0.39 is 0 Å². The molecule has 9 nitrogen and oxygen atoms in total. The van der Waals surface area contributed by atoms with Crippen LogP contribution in [0.15, 0.2) is 53.5 Å². The Bertz CT molecular complexity index is 1840. The van der Waals surface area contributed by atoms with Crippen LogP contribution in [0.5, 0.6) is 0 Å².